The van der Waals surface area contributed by atoms with Crippen LogP contribution in [0.15, 0.2) is 28.8 Å². The largest absolute Gasteiger partial charge is 0.416 e. The van der Waals surface area contributed by atoms with E-state index < -0.39 is 11.7 Å². The summed E-state index contributed by atoms with van der Waals surface area (Å²) in [4.78, 5) is 4.84. The normalized spacial score (nSPS) is 21.6. The molecule has 0 saturated carbocycles. The molecule has 4 rings (SSSR count). The Balaban J connectivity index is 1.46. The molecule has 4 nitrogen and oxygen atoms in total. The van der Waals surface area contributed by atoms with Crippen LogP contribution in [0, 0.1) is 0 Å². The van der Waals surface area contributed by atoms with Gasteiger partial charge in [0.15, 0.2) is 0 Å². The van der Waals surface area contributed by atoms with Gasteiger partial charge < -0.3 is 9.42 Å². The van der Waals surface area contributed by atoms with Crippen LogP contribution < -0.4 is 0 Å². The third-order valence-electron chi connectivity index (χ3n) is 5.84. The average molecular weight is 379 g/mol. The highest BCUT2D eigenvalue weighted by molar-refractivity contribution is 5.64. The fourth-order valence-corrected chi connectivity index (χ4v) is 4.18. The third kappa shape index (κ3) is 3.89. The SMILES string of the molecule is CN1CCCC1CCN1CCc2onc(-c3ccc(C(F)(F)F)cc3)c2C1. The van der Waals surface area contributed by atoms with Crippen LogP contribution in [0.25, 0.3) is 11.3 Å². The van der Waals surface area contributed by atoms with Crippen LogP contribution >= 0.6 is 0 Å². The Kier molecular flexibility index (Phi) is 4.99. The number of alkyl halides is 3. The highest BCUT2D eigenvalue weighted by atomic mass is 19.4. The molecular formula is C20H24F3N3O. The van der Waals surface area contributed by atoms with Crippen LogP contribution in [-0.2, 0) is 19.1 Å². The summed E-state index contributed by atoms with van der Waals surface area (Å²) in [6.45, 7) is 3.88. The van der Waals surface area contributed by atoms with E-state index in [9.17, 15) is 13.2 Å². The molecule has 1 unspecified atom stereocenters. The summed E-state index contributed by atoms with van der Waals surface area (Å²) in [7, 11) is 2.19. The van der Waals surface area contributed by atoms with E-state index >= 15 is 0 Å². The molecular weight excluding hydrogens is 355 g/mol. The molecule has 2 aliphatic heterocycles. The summed E-state index contributed by atoms with van der Waals surface area (Å²) in [5.41, 5.74) is 1.71. The maximum absolute atomic E-state index is 12.8. The minimum atomic E-state index is -4.33. The zero-order chi connectivity index (χ0) is 19.0. The van der Waals surface area contributed by atoms with E-state index in [-0.39, 0.29) is 0 Å². The van der Waals surface area contributed by atoms with Crippen LogP contribution in [0.3, 0.4) is 0 Å². The molecule has 1 atom stereocenters. The molecule has 1 aromatic carbocycles. The number of rotatable bonds is 4. The molecule has 0 N–H and O–H groups in total. The molecule has 0 amide bonds. The molecule has 1 saturated heterocycles. The molecule has 1 aromatic heterocycles. The Hall–Kier alpha value is -1.86. The number of likely N-dealkylation sites (tertiary alicyclic amines) is 1. The highest BCUT2D eigenvalue weighted by Gasteiger charge is 2.31. The first-order valence-corrected chi connectivity index (χ1v) is 9.49. The minimum absolute atomic E-state index is 0.647. The maximum atomic E-state index is 12.8. The number of benzene rings is 1. The molecule has 27 heavy (non-hydrogen) atoms. The zero-order valence-electron chi connectivity index (χ0n) is 15.4. The first-order valence-electron chi connectivity index (χ1n) is 9.49. The summed E-state index contributed by atoms with van der Waals surface area (Å²) in [6.07, 6.45) is 0.150. The summed E-state index contributed by atoms with van der Waals surface area (Å²) in [5, 5.41) is 4.15. The van der Waals surface area contributed by atoms with E-state index in [4.69, 9.17) is 4.52 Å². The summed E-state index contributed by atoms with van der Waals surface area (Å²) < 4.78 is 43.8. The number of fused-ring (bicyclic) bond motifs is 1. The summed E-state index contributed by atoms with van der Waals surface area (Å²) >= 11 is 0. The van der Waals surface area contributed by atoms with Crippen LogP contribution in [-0.4, -0.2) is 47.7 Å². The Morgan fingerprint density at radius 3 is 2.63 bits per heavy atom. The molecule has 0 aliphatic carbocycles. The van der Waals surface area contributed by atoms with Crippen LogP contribution in [0.4, 0.5) is 13.2 Å². The maximum Gasteiger partial charge on any atom is 0.416 e. The molecule has 3 heterocycles. The Labute approximate surface area is 156 Å². The summed E-state index contributed by atoms with van der Waals surface area (Å²) in [5.74, 6) is 0.860. The second-order valence-corrected chi connectivity index (χ2v) is 7.60. The lowest BCUT2D eigenvalue weighted by atomic mass is 10.00. The topological polar surface area (TPSA) is 32.5 Å². The lowest BCUT2D eigenvalue weighted by Crippen LogP contribution is -2.35. The second kappa shape index (κ2) is 7.28. The van der Waals surface area contributed by atoms with E-state index in [0.29, 0.717) is 17.3 Å². The van der Waals surface area contributed by atoms with Gasteiger partial charge in [-0.2, -0.15) is 13.2 Å². The fourth-order valence-electron chi connectivity index (χ4n) is 4.18. The zero-order valence-corrected chi connectivity index (χ0v) is 15.4. The van der Waals surface area contributed by atoms with Gasteiger partial charge in [-0.1, -0.05) is 17.3 Å². The quantitative estimate of drug-likeness (QED) is 0.797. The highest BCUT2D eigenvalue weighted by Crippen LogP contribution is 2.34. The van der Waals surface area contributed by atoms with Crippen molar-refractivity contribution >= 4 is 0 Å². The number of nitrogens with zero attached hydrogens (tertiary/aromatic N) is 3. The average Bonchev–Trinajstić information content (AvgIpc) is 3.25. The number of aromatic nitrogens is 1. The summed E-state index contributed by atoms with van der Waals surface area (Å²) in [6, 6.07) is 5.82. The smallest absolute Gasteiger partial charge is 0.360 e. The van der Waals surface area contributed by atoms with Gasteiger partial charge in [0.1, 0.15) is 11.5 Å². The minimum Gasteiger partial charge on any atom is -0.360 e. The molecule has 1 fully saturated rings. The number of hydrogen-bond donors (Lipinski definition) is 0. The Bertz CT molecular complexity index is 785. The second-order valence-electron chi connectivity index (χ2n) is 7.60. The van der Waals surface area contributed by atoms with Gasteiger partial charge in [-0.05, 0) is 51.5 Å². The lowest BCUT2D eigenvalue weighted by Gasteiger charge is -2.28. The Morgan fingerprint density at radius 2 is 1.96 bits per heavy atom. The van der Waals surface area contributed by atoms with Crippen LogP contribution in [0.5, 0.6) is 0 Å². The molecule has 2 aliphatic rings. The van der Waals surface area contributed by atoms with E-state index in [2.05, 4.69) is 22.0 Å². The van der Waals surface area contributed by atoms with Gasteiger partial charge in [0.05, 0.1) is 5.56 Å². The van der Waals surface area contributed by atoms with Gasteiger partial charge in [-0.15, -0.1) is 0 Å². The van der Waals surface area contributed by atoms with Crippen molar-refractivity contribution in [3.8, 4) is 11.3 Å². The van der Waals surface area contributed by atoms with Crippen molar-refractivity contribution in [2.75, 3.05) is 26.7 Å². The predicted octanol–water partition coefficient (Wildman–Crippen LogP) is 4.20. The van der Waals surface area contributed by atoms with E-state index in [0.717, 1.165) is 55.9 Å². The molecule has 2 aromatic rings. The number of hydrogen-bond acceptors (Lipinski definition) is 4. The van der Waals surface area contributed by atoms with Crippen molar-refractivity contribution in [3.63, 3.8) is 0 Å². The van der Waals surface area contributed by atoms with Gasteiger partial charge in [-0.3, -0.25) is 4.90 Å². The van der Waals surface area contributed by atoms with Gasteiger partial charge in [0, 0.05) is 36.7 Å². The van der Waals surface area contributed by atoms with E-state index in [1.807, 2.05) is 0 Å². The van der Waals surface area contributed by atoms with Crippen molar-refractivity contribution in [2.24, 2.45) is 0 Å². The van der Waals surface area contributed by atoms with Crippen molar-refractivity contribution in [2.45, 2.75) is 44.4 Å². The van der Waals surface area contributed by atoms with E-state index in [1.165, 1.54) is 31.5 Å². The van der Waals surface area contributed by atoms with Gasteiger partial charge >= 0.3 is 6.18 Å². The standard InChI is InChI=1S/C20H24F3N3O/c1-25-10-2-3-16(25)8-11-26-12-9-18-17(13-26)19(24-27-18)14-4-6-15(7-5-14)20(21,22)23/h4-7,16H,2-3,8-13H2,1H3. The van der Waals surface area contributed by atoms with Crippen molar-refractivity contribution in [1.82, 2.24) is 15.0 Å². The molecule has 0 radical (unpaired) electrons. The Morgan fingerprint density at radius 1 is 1.19 bits per heavy atom. The monoisotopic (exact) mass is 379 g/mol. The first-order chi connectivity index (χ1) is 12.9. The van der Waals surface area contributed by atoms with E-state index in [1.54, 1.807) is 0 Å². The van der Waals surface area contributed by atoms with Crippen LogP contribution in [0.2, 0.25) is 0 Å². The number of halogens is 3. The lowest BCUT2D eigenvalue weighted by molar-refractivity contribution is -0.137. The molecule has 0 bridgehead atoms. The van der Waals surface area contributed by atoms with Crippen molar-refractivity contribution in [1.29, 1.82) is 0 Å². The predicted molar refractivity (Wildman–Crippen MR) is 96.2 cm³/mol. The van der Waals surface area contributed by atoms with Gasteiger partial charge in [0.25, 0.3) is 0 Å². The van der Waals surface area contributed by atoms with Crippen molar-refractivity contribution in [3.05, 3.63) is 41.2 Å². The molecule has 0 spiro atoms. The first kappa shape index (κ1) is 18.5. The molecule has 7 heteroatoms. The van der Waals surface area contributed by atoms with Gasteiger partial charge in [0.2, 0.25) is 0 Å². The molecule has 146 valence electrons. The van der Waals surface area contributed by atoms with Crippen molar-refractivity contribution < 1.29 is 17.7 Å². The fraction of sp³-hybridized carbons (Fsp3) is 0.550. The third-order valence-corrected chi connectivity index (χ3v) is 5.84. The van der Waals surface area contributed by atoms with Crippen LogP contribution in [0.1, 0.15) is 36.1 Å². The van der Waals surface area contributed by atoms with Gasteiger partial charge in [-0.25, -0.2) is 0 Å².